The quantitative estimate of drug-likeness (QED) is 0.625. The predicted molar refractivity (Wildman–Crippen MR) is 46.4 cm³/mol. The maximum absolute atomic E-state index is 12.9. The van der Waals surface area contributed by atoms with Crippen molar-refractivity contribution in [3.8, 4) is 0 Å². The van der Waals surface area contributed by atoms with E-state index in [-0.39, 0.29) is 23.4 Å². The smallest absolute Gasteiger partial charge is 0.870 e. The topological polar surface area (TPSA) is 69.2 Å². The van der Waals surface area contributed by atoms with Crippen LogP contribution in [-0.2, 0) is 11.3 Å². The van der Waals surface area contributed by atoms with Crippen molar-refractivity contribution in [3.05, 3.63) is 29.6 Å². The first-order chi connectivity index (χ1) is 5.24. The third-order valence-corrected chi connectivity index (χ3v) is 1.38. The van der Waals surface area contributed by atoms with Gasteiger partial charge in [-0.2, -0.15) is 0 Å². The van der Waals surface area contributed by atoms with Crippen molar-refractivity contribution in [2.45, 2.75) is 6.61 Å². The normalized spacial score (nSPS) is 8.62. The van der Waals surface area contributed by atoms with E-state index in [0.29, 0.717) is 11.0 Å². The first-order valence-electron chi connectivity index (χ1n) is 3.27. The molecule has 0 heterocycles. The largest absolute Gasteiger partial charge is 0.870 e. The van der Waals surface area contributed by atoms with E-state index in [1.165, 1.54) is 13.2 Å². The van der Waals surface area contributed by atoms with E-state index in [9.17, 15) is 4.39 Å². The van der Waals surface area contributed by atoms with Crippen molar-refractivity contribution in [2.24, 2.45) is 0 Å². The van der Waals surface area contributed by atoms with E-state index >= 15 is 0 Å². The summed E-state index contributed by atoms with van der Waals surface area (Å²) in [7, 11) is 6.87. The second-order valence-electron chi connectivity index (χ2n) is 2.28. The van der Waals surface area contributed by atoms with E-state index in [1.54, 1.807) is 12.1 Å². The van der Waals surface area contributed by atoms with Crippen molar-refractivity contribution in [1.82, 2.24) is 0 Å². The van der Waals surface area contributed by atoms with Crippen LogP contribution < -0.4 is 5.46 Å². The first-order valence-corrected chi connectivity index (χ1v) is 3.27. The molecule has 2 N–H and O–H groups in total. The van der Waals surface area contributed by atoms with Crippen LogP contribution in [-0.4, -0.2) is 25.9 Å². The van der Waals surface area contributed by atoms with Gasteiger partial charge in [-0.1, -0.05) is 0 Å². The van der Waals surface area contributed by atoms with Crippen molar-refractivity contribution >= 4 is 13.3 Å². The van der Waals surface area contributed by atoms with Gasteiger partial charge < -0.3 is 11.0 Å². The van der Waals surface area contributed by atoms with Gasteiger partial charge in [0.1, 0.15) is 0 Å². The van der Waals surface area contributed by atoms with E-state index in [0.717, 1.165) is 0 Å². The van der Waals surface area contributed by atoms with E-state index in [1.807, 2.05) is 0 Å². The molecule has 0 bridgehead atoms. The molecule has 1 aromatic carbocycles. The van der Waals surface area contributed by atoms with Crippen LogP contribution in [0.2, 0.25) is 0 Å². The third-order valence-electron chi connectivity index (χ3n) is 1.38. The second-order valence-corrected chi connectivity index (χ2v) is 2.28. The average molecular weight is 184 g/mol. The van der Waals surface area contributed by atoms with Gasteiger partial charge in [0.25, 0.3) is 0 Å². The summed E-state index contributed by atoms with van der Waals surface area (Å²) in [6, 6.07) is 4.56. The molecule has 0 saturated carbocycles. The maximum atomic E-state index is 12.9. The minimum atomic E-state index is -0.313. The van der Waals surface area contributed by atoms with E-state index in [2.05, 4.69) is 0 Å². The minimum absolute atomic E-state index is 0. The van der Waals surface area contributed by atoms with Gasteiger partial charge in [0.15, 0.2) is 0 Å². The van der Waals surface area contributed by atoms with E-state index < -0.39 is 0 Å². The van der Waals surface area contributed by atoms with Gasteiger partial charge in [0.05, 0.1) is 0 Å². The fourth-order valence-corrected chi connectivity index (χ4v) is 0.836. The Bertz CT molecular complexity index is 255. The molecule has 0 radical (unpaired) electrons. The predicted octanol–water partition coefficient (Wildman–Crippen LogP) is 0.412. The molecule has 0 spiro atoms. The molecule has 0 aromatic heterocycles. The van der Waals surface area contributed by atoms with Crippen molar-refractivity contribution in [2.75, 3.05) is 7.11 Å². The molecule has 0 aliphatic heterocycles. The fraction of sp³-hybridized carbons (Fsp3) is 0.250. The monoisotopic (exact) mass is 184 g/mol. The van der Waals surface area contributed by atoms with Crippen LogP contribution in [0.15, 0.2) is 18.2 Å². The van der Waals surface area contributed by atoms with Crippen LogP contribution in [0.5, 0.6) is 0 Å². The van der Waals surface area contributed by atoms with Crippen LogP contribution in [0.4, 0.5) is 4.39 Å². The van der Waals surface area contributed by atoms with Gasteiger partial charge in [0.2, 0.25) is 0 Å². The third kappa shape index (κ3) is 4.03. The molecule has 3 nitrogen and oxygen atoms in total. The molecule has 0 fully saturated rings. The average Bonchev–Trinajstić information content (AvgIpc) is 1.95. The Morgan fingerprint density at radius 3 is 2.46 bits per heavy atom. The van der Waals surface area contributed by atoms with Crippen molar-refractivity contribution < 1.29 is 20.1 Å². The SMILES string of the molecule is [B+2]c1ccc(COC)c(F)c1.[OH-].[OH-]. The molecule has 70 valence electrons. The van der Waals surface area contributed by atoms with Gasteiger partial charge >= 0.3 is 65.7 Å². The Kier molecular flexibility index (Phi) is 7.41. The van der Waals surface area contributed by atoms with Crippen LogP contribution >= 0.6 is 0 Å². The molecule has 0 amide bonds. The van der Waals surface area contributed by atoms with Crippen LogP contribution in [0, 0.1) is 5.82 Å². The Hall–Kier alpha value is -0.905. The molecular weight excluding hydrogens is 174 g/mol. The Balaban J connectivity index is 0. The second kappa shape index (κ2) is 6.59. The summed E-state index contributed by atoms with van der Waals surface area (Å²) in [6.45, 7) is 0.284. The fourth-order valence-electron chi connectivity index (χ4n) is 0.836. The van der Waals surface area contributed by atoms with Crippen LogP contribution in [0.3, 0.4) is 0 Å². The zero-order valence-corrected chi connectivity index (χ0v) is 7.20. The first kappa shape index (κ1) is 14.6. The number of halogens is 1. The summed E-state index contributed by atoms with van der Waals surface area (Å²) >= 11 is 0. The van der Waals surface area contributed by atoms with E-state index in [4.69, 9.17) is 12.6 Å². The number of hydrogen-bond acceptors (Lipinski definition) is 3. The standard InChI is InChI=1S/C8H8BFO.2H2O/c1-11-5-6-2-3-7(9)4-8(6)10;;/h2-4H,5H2,1H3;2*1H2/q+2;;/p-2. The summed E-state index contributed by atoms with van der Waals surface area (Å²) in [5, 5.41) is 0. The summed E-state index contributed by atoms with van der Waals surface area (Å²) in [5.41, 5.74) is 0.962. The Morgan fingerprint density at radius 2 is 2.00 bits per heavy atom. The molecule has 0 atom stereocenters. The Morgan fingerprint density at radius 1 is 1.38 bits per heavy atom. The summed E-state index contributed by atoms with van der Waals surface area (Å²) in [6.07, 6.45) is 0. The summed E-state index contributed by atoms with van der Waals surface area (Å²) < 4.78 is 17.6. The molecule has 1 rings (SSSR count). The number of hydrogen-bond donors (Lipinski definition) is 0. The molecule has 0 unspecified atom stereocenters. The van der Waals surface area contributed by atoms with Crippen molar-refractivity contribution in [3.63, 3.8) is 0 Å². The molecular formula is C8H10BFO3. The Labute approximate surface area is 77.6 Å². The van der Waals surface area contributed by atoms with Crippen LogP contribution in [0.25, 0.3) is 0 Å². The molecule has 0 aliphatic rings. The van der Waals surface area contributed by atoms with Gasteiger partial charge in [-0.3, -0.25) is 0 Å². The molecule has 0 saturated heterocycles. The number of ether oxygens (including phenoxy) is 1. The molecule has 13 heavy (non-hydrogen) atoms. The number of benzene rings is 1. The summed E-state index contributed by atoms with van der Waals surface area (Å²) in [4.78, 5) is 0. The maximum Gasteiger partial charge on any atom is -0.870 e. The molecule has 5 heteroatoms. The van der Waals surface area contributed by atoms with Gasteiger partial charge in [-0.05, 0) is 0 Å². The van der Waals surface area contributed by atoms with Crippen LogP contribution in [0.1, 0.15) is 5.56 Å². The number of methoxy groups -OCH3 is 1. The summed E-state index contributed by atoms with van der Waals surface area (Å²) in [5.74, 6) is -0.313. The number of rotatable bonds is 2. The minimum Gasteiger partial charge on any atom is -0.870 e. The van der Waals surface area contributed by atoms with Gasteiger partial charge in [-0.15, -0.1) is 0 Å². The van der Waals surface area contributed by atoms with Gasteiger partial charge in [0, 0.05) is 0 Å². The molecule has 0 aliphatic carbocycles. The van der Waals surface area contributed by atoms with Gasteiger partial charge in [-0.25, -0.2) is 0 Å². The zero-order chi connectivity index (χ0) is 8.27. The molecule has 1 aromatic rings. The zero-order valence-electron chi connectivity index (χ0n) is 7.20. The van der Waals surface area contributed by atoms with Crippen molar-refractivity contribution in [1.29, 1.82) is 0 Å².